The summed E-state index contributed by atoms with van der Waals surface area (Å²) in [6.45, 7) is 6.49. The lowest BCUT2D eigenvalue weighted by Crippen LogP contribution is -2.42. The third-order valence-corrected chi connectivity index (χ3v) is 1.90. The lowest BCUT2D eigenvalue weighted by molar-refractivity contribution is 0.197. The summed E-state index contributed by atoms with van der Waals surface area (Å²) in [6, 6.07) is 0.222. The molecule has 0 aliphatic carbocycles. The largest absolute Gasteiger partial charge is 0.497 e. The van der Waals surface area contributed by atoms with Crippen molar-refractivity contribution in [1.82, 2.24) is 5.32 Å². The van der Waals surface area contributed by atoms with E-state index in [1.807, 2.05) is 0 Å². The lowest BCUT2D eigenvalue weighted by Gasteiger charge is -2.32. The summed E-state index contributed by atoms with van der Waals surface area (Å²) in [5.74, 6) is 0.894. The first kappa shape index (κ1) is 9.10. The maximum Gasteiger partial charge on any atom is 0.137 e. The van der Waals surface area contributed by atoms with Gasteiger partial charge in [-0.3, -0.25) is 0 Å². The molecule has 1 atom stereocenters. The molecule has 1 N–H and O–H groups in total. The van der Waals surface area contributed by atoms with Gasteiger partial charge in [-0.25, -0.2) is 4.99 Å². The summed E-state index contributed by atoms with van der Waals surface area (Å²) in [6.07, 6.45) is 3.46. The highest BCUT2D eigenvalue weighted by molar-refractivity contribution is 5.58. The summed E-state index contributed by atoms with van der Waals surface area (Å²) in [5, 5.41) is 3.18. The Kier molecular flexibility index (Phi) is 2.40. The predicted molar refractivity (Wildman–Crippen MR) is 50.0 cm³/mol. The Hall–Kier alpha value is -0.990. The zero-order valence-corrected chi connectivity index (χ0v) is 8.09. The van der Waals surface area contributed by atoms with Crippen LogP contribution in [0.4, 0.5) is 0 Å². The van der Waals surface area contributed by atoms with Crippen LogP contribution in [0.25, 0.3) is 0 Å². The molecule has 0 fully saturated rings. The Labute approximate surface area is 73.5 Å². The van der Waals surface area contributed by atoms with Gasteiger partial charge in [-0.2, -0.15) is 0 Å². The molecule has 0 saturated carbocycles. The highest BCUT2D eigenvalue weighted by Gasteiger charge is 2.29. The van der Waals surface area contributed by atoms with Gasteiger partial charge in [-0.15, -0.1) is 0 Å². The molecule has 0 spiro atoms. The van der Waals surface area contributed by atoms with E-state index in [0.29, 0.717) is 0 Å². The Morgan fingerprint density at radius 1 is 1.50 bits per heavy atom. The van der Waals surface area contributed by atoms with Crippen molar-refractivity contribution in [3.8, 4) is 0 Å². The molecular formula is C9H16N2O. The van der Waals surface area contributed by atoms with Crippen molar-refractivity contribution in [3.05, 3.63) is 12.0 Å². The van der Waals surface area contributed by atoms with E-state index in [-0.39, 0.29) is 11.5 Å². The van der Waals surface area contributed by atoms with Gasteiger partial charge in [-0.05, 0) is 5.41 Å². The van der Waals surface area contributed by atoms with Crippen LogP contribution in [0.3, 0.4) is 0 Å². The van der Waals surface area contributed by atoms with E-state index in [1.54, 1.807) is 19.6 Å². The Morgan fingerprint density at radius 3 is 2.58 bits per heavy atom. The molecule has 0 radical (unpaired) electrons. The Balaban J connectivity index is 2.79. The Bertz CT molecular complexity index is 213. The zero-order valence-electron chi connectivity index (χ0n) is 8.09. The minimum atomic E-state index is 0.147. The van der Waals surface area contributed by atoms with Gasteiger partial charge in [-0.1, -0.05) is 20.8 Å². The van der Waals surface area contributed by atoms with Crippen molar-refractivity contribution < 1.29 is 4.74 Å². The van der Waals surface area contributed by atoms with Crippen molar-refractivity contribution in [2.75, 3.05) is 7.11 Å². The molecule has 0 aromatic rings. The highest BCUT2D eigenvalue weighted by Crippen LogP contribution is 2.26. The fraction of sp³-hybridized carbons (Fsp3) is 0.667. The standard InChI is InChI=1S/C9H16N2O/c1-9(2,3)8-7(12-4)5-10-6-11-8/h5-6,8H,1-4H3,(H,10,11). The van der Waals surface area contributed by atoms with Crippen molar-refractivity contribution in [2.45, 2.75) is 26.8 Å². The zero-order chi connectivity index (χ0) is 9.19. The number of ether oxygens (including phenoxy) is 1. The van der Waals surface area contributed by atoms with Crippen molar-refractivity contribution >= 4 is 6.34 Å². The maximum atomic E-state index is 5.22. The molecule has 68 valence electrons. The van der Waals surface area contributed by atoms with Crippen LogP contribution in [0, 0.1) is 5.41 Å². The molecule has 1 aliphatic heterocycles. The summed E-state index contributed by atoms with van der Waals surface area (Å²) in [7, 11) is 1.67. The minimum Gasteiger partial charge on any atom is -0.497 e. The first-order valence-electron chi connectivity index (χ1n) is 4.07. The molecule has 1 unspecified atom stereocenters. The van der Waals surface area contributed by atoms with Crippen LogP contribution < -0.4 is 5.32 Å². The number of hydrogen-bond donors (Lipinski definition) is 1. The van der Waals surface area contributed by atoms with Gasteiger partial charge in [0.1, 0.15) is 5.76 Å². The van der Waals surface area contributed by atoms with Gasteiger partial charge in [0.25, 0.3) is 0 Å². The number of aliphatic imine (C=N–C) groups is 1. The molecule has 12 heavy (non-hydrogen) atoms. The molecule has 0 saturated heterocycles. The quantitative estimate of drug-likeness (QED) is 0.644. The second-order valence-electron chi connectivity index (χ2n) is 3.98. The molecule has 3 nitrogen and oxygen atoms in total. The number of rotatable bonds is 1. The van der Waals surface area contributed by atoms with E-state index in [4.69, 9.17) is 4.74 Å². The highest BCUT2D eigenvalue weighted by atomic mass is 16.5. The first-order chi connectivity index (χ1) is 5.55. The topological polar surface area (TPSA) is 33.6 Å². The second-order valence-corrected chi connectivity index (χ2v) is 3.98. The SMILES string of the molecule is COC1=CN=CNC1C(C)(C)C. The number of hydrogen-bond acceptors (Lipinski definition) is 3. The number of nitrogens with one attached hydrogen (secondary N) is 1. The number of nitrogens with zero attached hydrogens (tertiary/aromatic N) is 1. The normalized spacial score (nSPS) is 23.0. The maximum absolute atomic E-state index is 5.22. The summed E-state index contributed by atoms with van der Waals surface area (Å²) >= 11 is 0. The van der Waals surface area contributed by atoms with Crippen LogP contribution in [0.2, 0.25) is 0 Å². The van der Waals surface area contributed by atoms with Crippen LogP contribution in [0.15, 0.2) is 17.0 Å². The van der Waals surface area contributed by atoms with Gasteiger partial charge in [0.05, 0.1) is 25.7 Å². The fourth-order valence-corrected chi connectivity index (χ4v) is 1.23. The first-order valence-corrected chi connectivity index (χ1v) is 4.07. The monoisotopic (exact) mass is 168 g/mol. The average molecular weight is 168 g/mol. The van der Waals surface area contributed by atoms with Gasteiger partial charge >= 0.3 is 0 Å². The Morgan fingerprint density at radius 2 is 2.17 bits per heavy atom. The third-order valence-electron chi connectivity index (χ3n) is 1.90. The van der Waals surface area contributed by atoms with Crippen molar-refractivity contribution in [1.29, 1.82) is 0 Å². The van der Waals surface area contributed by atoms with Gasteiger partial charge < -0.3 is 10.1 Å². The van der Waals surface area contributed by atoms with Crippen LogP contribution in [0.5, 0.6) is 0 Å². The van der Waals surface area contributed by atoms with Gasteiger partial charge in [0.2, 0.25) is 0 Å². The molecule has 0 amide bonds. The lowest BCUT2D eigenvalue weighted by atomic mass is 9.85. The summed E-state index contributed by atoms with van der Waals surface area (Å²) < 4.78 is 5.22. The van der Waals surface area contributed by atoms with E-state index in [0.717, 1.165) is 5.76 Å². The minimum absolute atomic E-state index is 0.147. The fourth-order valence-electron chi connectivity index (χ4n) is 1.23. The van der Waals surface area contributed by atoms with E-state index < -0.39 is 0 Å². The third kappa shape index (κ3) is 1.78. The van der Waals surface area contributed by atoms with E-state index in [2.05, 4.69) is 31.1 Å². The molecule has 1 aliphatic rings. The van der Waals surface area contributed by atoms with Crippen molar-refractivity contribution in [2.24, 2.45) is 10.4 Å². The van der Waals surface area contributed by atoms with E-state index >= 15 is 0 Å². The van der Waals surface area contributed by atoms with Gasteiger partial charge in [0, 0.05) is 0 Å². The molecule has 0 aromatic carbocycles. The predicted octanol–water partition coefficient (Wildman–Crippen LogP) is 1.52. The molecule has 3 heteroatoms. The smallest absolute Gasteiger partial charge is 0.137 e. The van der Waals surface area contributed by atoms with Crippen LogP contribution in [-0.4, -0.2) is 19.5 Å². The van der Waals surface area contributed by atoms with Crippen LogP contribution in [-0.2, 0) is 4.74 Å². The van der Waals surface area contributed by atoms with Crippen LogP contribution in [0.1, 0.15) is 20.8 Å². The van der Waals surface area contributed by atoms with E-state index in [1.165, 1.54) is 0 Å². The summed E-state index contributed by atoms with van der Waals surface area (Å²) in [5.41, 5.74) is 0.147. The second kappa shape index (κ2) is 3.17. The summed E-state index contributed by atoms with van der Waals surface area (Å²) in [4.78, 5) is 3.97. The van der Waals surface area contributed by atoms with Crippen LogP contribution >= 0.6 is 0 Å². The molecule has 1 rings (SSSR count). The van der Waals surface area contributed by atoms with E-state index in [9.17, 15) is 0 Å². The molecule has 1 heterocycles. The van der Waals surface area contributed by atoms with Crippen molar-refractivity contribution in [3.63, 3.8) is 0 Å². The average Bonchev–Trinajstić information content (AvgIpc) is 2.03. The molecule has 0 aromatic heterocycles. The number of methoxy groups -OCH3 is 1. The molecule has 0 bridgehead atoms. The van der Waals surface area contributed by atoms with Gasteiger partial charge in [0.15, 0.2) is 0 Å². The molecular weight excluding hydrogens is 152 g/mol.